The third-order valence-electron chi connectivity index (χ3n) is 2.09. The number of benzene rings is 1. The maximum atomic E-state index is 6.02. The van der Waals surface area contributed by atoms with Gasteiger partial charge in [0.05, 0.1) is 5.69 Å². The number of rotatable bonds is 1. The molecule has 0 fully saturated rings. The van der Waals surface area contributed by atoms with Gasteiger partial charge in [-0.05, 0) is 12.5 Å². The molecule has 0 radical (unpaired) electrons. The summed E-state index contributed by atoms with van der Waals surface area (Å²) in [5, 5.41) is 4.52. The molecule has 2 aromatic rings. The predicted octanol–water partition coefficient (Wildman–Crippen LogP) is 2.23. The van der Waals surface area contributed by atoms with E-state index in [2.05, 4.69) is 5.10 Å². The van der Waals surface area contributed by atoms with Crippen molar-refractivity contribution in [2.75, 3.05) is 5.84 Å². The predicted molar refractivity (Wildman–Crippen MR) is 57.6 cm³/mol. The Morgan fingerprint density at radius 3 is 2.43 bits per heavy atom. The van der Waals surface area contributed by atoms with E-state index in [4.69, 9.17) is 17.4 Å². The highest BCUT2D eigenvalue weighted by atomic mass is 35.5. The Balaban J connectivity index is 2.62. The standard InChI is InChI=1S/C10H10ClN3/c1-7-9(10(11)14(12)13-7)8-5-3-2-4-6-8/h2-6H,12H2,1H3. The van der Waals surface area contributed by atoms with Crippen LogP contribution in [0.15, 0.2) is 30.3 Å². The van der Waals surface area contributed by atoms with E-state index in [-0.39, 0.29) is 0 Å². The van der Waals surface area contributed by atoms with E-state index in [0.29, 0.717) is 5.15 Å². The molecule has 0 atom stereocenters. The highest BCUT2D eigenvalue weighted by Crippen LogP contribution is 2.29. The van der Waals surface area contributed by atoms with Gasteiger partial charge in [-0.15, -0.1) is 0 Å². The summed E-state index contributed by atoms with van der Waals surface area (Å²) in [5.41, 5.74) is 2.77. The smallest absolute Gasteiger partial charge is 0.158 e. The van der Waals surface area contributed by atoms with Gasteiger partial charge in [-0.25, -0.2) is 0 Å². The number of nitrogens with zero attached hydrogens (tertiary/aromatic N) is 2. The molecule has 2 rings (SSSR count). The Morgan fingerprint density at radius 2 is 1.93 bits per heavy atom. The molecule has 1 aromatic heterocycles. The van der Waals surface area contributed by atoms with E-state index in [0.717, 1.165) is 16.8 Å². The normalized spacial score (nSPS) is 10.4. The van der Waals surface area contributed by atoms with Crippen LogP contribution < -0.4 is 5.84 Å². The monoisotopic (exact) mass is 207 g/mol. The number of aromatic nitrogens is 2. The fourth-order valence-electron chi connectivity index (χ4n) is 1.45. The summed E-state index contributed by atoms with van der Waals surface area (Å²) >= 11 is 6.02. The van der Waals surface area contributed by atoms with Gasteiger partial charge in [-0.3, -0.25) is 0 Å². The summed E-state index contributed by atoms with van der Waals surface area (Å²) in [7, 11) is 0. The van der Waals surface area contributed by atoms with Crippen molar-refractivity contribution in [2.45, 2.75) is 6.92 Å². The molecule has 0 aliphatic heterocycles. The summed E-state index contributed by atoms with van der Waals surface area (Å²) in [5.74, 6) is 5.55. The Hall–Kier alpha value is -1.48. The lowest BCUT2D eigenvalue weighted by atomic mass is 10.1. The van der Waals surface area contributed by atoms with E-state index in [1.54, 1.807) is 0 Å². The maximum absolute atomic E-state index is 6.02. The summed E-state index contributed by atoms with van der Waals surface area (Å²) < 4.78 is 0. The van der Waals surface area contributed by atoms with Gasteiger partial charge < -0.3 is 5.84 Å². The molecular weight excluding hydrogens is 198 g/mol. The van der Waals surface area contributed by atoms with Crippen LogP contribution in [0.3, 0.4) is 0 Å². The van der Waals surface area contributed by atoms with Crippen molar-refractivity contribution in [1.29, 1.82) is 0 Å². The fourth-order valence-corrected chi connectivity index (χ4v) is 1.74. The molecule has 0 spiro atoms. The van der Waals surface area contributed by atoms with Crippen molar-refractivity contribution in [3.05, 3.63) is 41.2 Å². The van der Waals surface area contributed by atoms with Crippen molar-refractivity contribution in [1.82, 2.24) is 9.89 Å². The number of halogens is 1. The molecule has 1 heterocycles. The van der Waals surface area contributed by atoms with E-state index < -0.39 is 0 Å². The molecule has 0 aliphatic carbocycles. The quantitative estimate of drug-likeness (QED) is 0.729. The summed E-state index contributed by atoms with van der Waals surface area (Å²) in [6.07, 6.45) is 0. The third-order valence-corrected chi connectivity index (χ3v) is 2.45. The zero-order valence-corrected chi connectivity index (χ0v) is 8.49. The highest BCUT2D eigenvalue weighted by Gasteiger charge is 2.12. The first-order chi connectivity index (χ1) is 6.70. The van der Waals surface area contributed by atoms with Crippen molar-refractivity contribution in [3.8, 4) is 11.1 Å². The van der Waals surface area contributed by atoms with Gasteiger partial charge in [0.15, 0.2) is 5.15 Å². The van der Waals surface area contributed by atoms with Crippen LogP contribution in [0.2, 0.25) is 5.15 Å². The van der Waals surface area contributed by atoms with Crippen LogP contribution in [0.4, 0.5) is 0 Å². The SMILES string of the molecule is Cc1nn(N)c(Cl)c1-c1ccccc1. The van der Waals surface area contributed by atoms with Gasteiger partial charge in [0.2, 0.25) is 0 Å². The van der Waals surface area contributed by atoms with Crippen LogP contribution in [0.5, 0.6) is 0 Å². The Kier molecular flexibility index (Phi) is 2.17. The summed E-state index contributed by atoms with van der Waals surface area (Å²) in [6, 6.07) is 9.84. The number of hydrogen-bond donors (Lipinski definition) is 1. The van der Waals surface area contributed by atoms with Crippen LogP contribution in [0.1, 0.15) is 5.69 Å². The van der Waals surface area contributed by atoms with Gasteiger partial charge in [-0.1, -0.05) is 41.9 Å². The summed E-state index contributed by atoms with van der Waals surface area (Å²) in [4.78, 5) is 1.19. The lowest BCUT2D eigenvalue weighted by Gasteiger charge is -1.99. The van der Waals surface area contributed by atoms with Crippen molar-refractivity contribution in [2.24, 2.45) is 0 Å². The lowest BCUT2D eigenvalue weighted by Crippen LogP contribution is -2.09. The number of hydrogen-bond acceptors (Lipinski definition) is 2. The average molecular weight is 208 g/mol. The third kappa shape index (κ3) is 1.36. The molecular formula is C10H10ClN3. The minimum Gasteiger partial charge on any atom is -0.322 e. The molecule has 3 nitrogen and oxygen atoms in total. The molecule has 0 bridgehead atoms. The van der Waals surface area contributed by atoms with Gasteiger partial charge in [0, 0.05) is 5.56 Å². The van der Waals surface area contributed by atoms with Gasteiger partial charge in [0.25, 0.3) is 0 Å². The van der Waals surface area contributed by atoms with E-state index in [1.165, 1.54) is 4.79 Å². The molecule has 2 N–H and O–H groups in total. The molecule has 14 heavy (non-hydrogen) atoms. The topological polar surface area (TPSA) is 43.8 Å². The first kappa shape index (κ1) is 9.09. The molecule has 0 amide bonds. The first-order valence-electron chi connectivity index (χ1n) is 4.26. The van der Waals surface area contributed by atoms with Crippen LogP contribution in [-0.2, 0) is 0 Å². The molecule has 0 unspecified atom stereocenters. The van der Waals surface area contributed by atoms with Crippen molar-refractivity contribution in [3.63, 3.8) is 0 Å². The molecule has 0 aliphatic rings. The Bertz CT molecular complexity index is 448. The highest BCUT2D eigenvalue weighted by molar-refractivity contribution is 6.32. The fraction of sp³-hybridized carbons (Fsp3) is 0.100. The molecule has 0 saturated heterocycles. The minimum absolute atomic E-state index is 0.466. The van der Waals surface area contributed by atoms with Crippen LogP contribution in [0.25, 0.3) is 11.1 Å². The lowest BCUT2D eigenvalue weighted by molar-refractivity contribution is 0.818. The van der Waals surface area contributed by atoms with Gasteiger partial charge in [0.1, 0.15) is 0 Å². The Morgan fingerprint density at radius 1 is 1.29 bits per heavy atom. The minimum atomic E-state index is 0.466. The van der Waals surface area contributed by atoms with E-state index >= 15 is 0 Å². The second kappa shape index (κ2) is 3.35. The van der Waals surface area contributed by atoms with Crippen molar-refractivity contribution < 1.29 is 0 Å². The number of aryl methyl sites for hydroxylation is 1. The van der Waals surface area contributed by atoms with Crippen LogP contribution in [-0.4, -0.2) is 9.89 Å². The van der Waals surface area contributed by atoms with Gasteiger partial charge in [-0.2, -0.15) is 9.89 Å². The van der Waals surface area contributed by atoms with Gasteiger partial charge >= 0.3 is 0 Å². The Labute approximate surface area is 87.1 Å². The number of nitrogen functional groups attached to an aromatic ring is 1. The average Bonchev–Trinajstić information content (AvgIpc) is 2.43. The molecule has 1 aromatic carbocycles. The largest absolute Gasteiger partial charge is 0.322 e. The number of nitrogens with two attached hydrogens (primary N) is 1. The molecule has 0 saturated carbocycles. The maximum Gasteiger partial charge on any atom is 0.158 e. The van der Waals surface area contributed by atoms with Crippen molar-refractivity contribution >= 4 is 11.6 Å². The zero-order valence-electron chi connectivity index (χ0n) is 7.74. The van der Waals surface area contributed by atoms with E-state index in [1.807, 2.05) is 37.3 Å². The zero-order chi connectivity index (χ0) is 10.1. The second-order valence-electron chi connectivity index (χ2n) is 3.06. The summed E-state index contributed by atoms with van der Waals surface area (Å²) in [6.45, 7) is 1.89. The van der Waals surface area contributed by atoms with Crippen LogP contribution in [0, 0.1) is 6.92 Å². The van der Waals surface area contributed by atoms with Crippen LogP contribution >= 0.6 is 11.6 Å². The first-order valence-corrected chi connectivity index (χ1v) is 4.63. The second-order valence-corrected chi connectivity index (χ2v) is 3.42. The molecule has 4 heteroatoms. The van der Waals surface area contributed by atoms with E-state index in [9.17, 15) is 0 Å². The molecule has 72 valence electrons.